The number of hydrogen-bond donors (Lipinski definition) is 2. The number of carbonyl (C=O) groups excluding carboxylic acids is 2. The number of carbonyl (C=O) groups is 3. The highest BCUT2D eigenvalue weighted by atomic mass is 19.4. The quantitative estimate of drug-likeness (QED) is 0.452. The van der Waals surface area contributed by atoms with Gasteiger partial charge in [-0.3, -0.25) is 14.1 Å². The van der Waals surface area contributed by atoms with Gasteiger partial charge in [0.2, 0.25) is 0 Å². The predicted molar refractivity (Wildman–Crippen MR) is 109 cm³/mol. The average Bonchev–Trinajstić information content (AvgIpc) is 3.28. The Balaban J connectivity index is 0.000000429. The van der Waals surface area contributed by atoms with Crippen LogP contribution in [0.4, 0.5) is 37.0 Å². The molecule has 0 bridgehead atoms. The Morgan fingerprint density at radius 2 is 1.74 bits per heavy atom. The van der Waals surface area contributed by atoms with Gasteiger partial charge in [-0.1, -0.05) is 13.8 Å². The first-order valence-corrected chi connectivity index (χ1v) is 10.1. The number of likely N-dealkylation sites (N-methyl/N-ethyl adjacent to an activating group) is 1. The third kappa shape index (κ3) is 4.58. The van der Waals surface area contributed by atoms with Gasteiger partial charge in [-0.05, 0) is 18.6 Å². The number of rotatable bonds is 1. The van der Waals surface area contributed by atoms with Gasteiger partial charge in [0.15, 0.2) is 0 Å². The number of imidazole rings is 1. The molecule has 2 aliphatic heterocycles. The number of aromatic nitrogens is 2. The number of carboxylic acids is 1. The van der Waals surface area contributed by atoms with Gasteiger partial charge < -0.3 is 15.3 Å². The summed E-state index contributed by atoms with van der Waals surface area (Å²) < 4.78 is 73.4. The lowest BCUT2D eigenvalue weighted by molar-refractivity contribution is -0.192. The maximum Gasteiger partial charge on any atom is 0.490 e. The SMILES string of the molecule is CN1C(=O)NC2(CCN(c3cc(C(F)(F)F)cc4cncn34)CC2(C)C)C1=O.O=C(O)C(F)(F)F. The van der Waals surface area contributed by atoms with Crippen molar-refractivity contribution in [3.05, 3.63) is 30.2 Å². The third-order valence-electron chi connectivity index (χ3n) is 6.19. The molecule has 2 N–H and O–H groups in total. The van der Waals surface area contributed by atoms with Crippen molar-refractivity contribution in [2.75, 3.05) is 25.0 Å². The number of aliphatic carboxylic acids is 1. The molecule has 0 aliphatic carbocycles. The van der Waals surface area contributed by atoms with Crippen molar-refractivity contribution < 1.29 is 45.8 Å². The number of alkyl halides is 6. The predicted octanol–water partition coefficient (Wildman–Crippen LogP) is 3.14. The third-order valence-corrected chi connectivity index (χ3v) is 6.19. The molecule has 2 fully saturated rings. The molecule has 192 valence electrons. The molecule has 15 heteroatoms. The molecule has 3 amide bonds. The van der Waals surface area contributed by atoms with E-state index in [9.17, 15) is 35.9 Å². The maximum atomic E-state index is 13.4. The maximum absolute atomic E-state index is 13.4. The summed E-state index contributed by atoms with van der Waals surface area (Å²) in [6, 6.07) is 1.70. The van der Waals surface area contributed by atoms with E-state index in [2.05, 4.69) is 10.3 Å². The van der Waals surface area contributed by atoms with Crippen molar-refractivity contribution in [1.29, 1.82) is 0 Å². The van der Waals surface area contributed by atoms with Gasteiger partial charge in [0, 0.05) is 25.6 Å². The standard InChI is InChI=1S/C18H20F3N5O2.C2HF3O2/c1-16(2)9-25(5-4-17(16)14(27)24(3)15(28)23-17)13-7-11(18(19,20)21)6-12-8-22-10-26(12)13;3-2(4,5)1(6)7/h6-8,10H,4-5,9H2,1-3H3,(H,23,28);(H,6,7). The summed E-state index contributed by atoms with van der Waals surface area (Å²) in [7, 11) is 1.43. The Hall–Kier alpha value is -3.52. The number of nitrogens with one attached hydrogen (secondary N) is 1. The number of imide groups is 1. The summed E-state index contributed by atoms with van der Waals surface area (Å²) in [6.45, 7) is 4.30. The largest absolute Gasteiger partial charge is 0.490 e. The summed E-state index contributed by atoms with van der Waals surface area (Å²) in [4.78, 5) is 40.5. The number of amides is 3. The molecule has 9 nitrogen and oxygen atoms in total. The number of halogens is 6. The molecule has 4 rings (SSSR count). The van der Waals surface area contributed by atoms with E-state index in [4.69, 9.17) is 9.90 Å². The molecule has 0 aromatic carbocycles. The molecule has 0 saturated carbocycles. The first kappa shape index (κ1) is 26.1. The molecule has 2 aromatic rings. The molecule has 35 heavy (non-hydrogen) atoms. The zero-order valence-electron chi connectivity index (χ0n) is 18.7. The number of anilines is 1. The monoisotopic (exact) mass is 509 g/mol. The van der Waals surface area contributed by atoms with Crippen LogP contribution < -0.4 is 10.2 Å². The first-order chi connectivity index (χ1) is 15.9. The lowest BCUT2D eigenvalue weighted by Gasteiger charge is -2.50. The van der Waals surface area contributed by atoms with Gasteiger partial charge in [0.25, 0.3) is 5.91 Å². The Kier molecular flexibility index (Phi) is 6.19. The lowest BCUT2D eigenvalue weighted by Crippen LogP contribution is -2.66. The van der Waals surface area contributed by atoms with Crippen molar-refractivity contribution in [3.63, 3.8) is 0 Å². The molecule has 0 radical (unpaired) electrons. The number of carboxylic acid groups (broad SMARTS) is 1. The molecule has 4 heterocycles. The highest BCUT2D eigenvalue weighted by Gasteiger charge is 2.60. The van der Waals surface area contributed by atoms with Crippen LogP contribution in [-0.2, 0) is 15.8 Å². The first-order valence-electron chi connectivity index (χ1n) is 10.1. The van der Waals surface area contributed by atoms with E-state index in [1.54, 1.807) is 4.40 Å². The van der Waals surface area contributed by atoms with E-state index in [1.807, 2.05) is 18.7 Å². The van der Waals surface area contributed by atoms with Crippen molar-refractivity contribution in [2.24, 2.45) is 5.41 Å². The highest BCUT2D eigenvalue weighted by molar-refractivity contribution is 6.07. The van der Waals surface area contributed by atoms with E-state index in [0.29, 0.717) is 30.8 Å². The summed E-state index contributed by atoms with van der Waals surface area (Å²) in [5.74, 6) is -2.71. The molecular formula is C20H21F6N5O4. The zero-order chi connectivity index (χ0) is 26.6. The van der Waals surface area contributed by atoms with Crippen molar-refractivity contribution in [2.45, 2.75) is 38.2 Å². The molecule has 2 aliphatic rings. The second-order valence-corrected chi connectivity index (χ2v) is 8.85. The van der Waals surface area contributed by atoms with Crippen molar-refractivity contribution >= 4 is 29.2 Å². The van der Waals surface area contributed by atoms with Gasteiger partial charge in [-0.25, -0.2) is 14.6 Å². The van der Waals surface area contributed by atoms with Crippen LogP contribution >= 0.6 is 0 Å². The van der Waals surface area contributed by atoms with Crippen molar-refractivity contribution in [1.82, 2.24) is 19.6 Å². The fourth-order valence-corrected chi connectivity index (χ4v) is 4.27. The average molecular weight is 509 g/mol. The van der Waals surface area contributed by atoms with Gasteiger partial charge in [0.1, 0.15) is 17.7 Å². The van der Waals surface area contributed by atoms with Crippen LogP contribution in [0.3, 0.4) is 0 Å². The van der Waals surface area contributed by atoms with E-state index in [0.717, 1.165) is 17.0 Å². The van der Waals surface area contributed by atoms with Crippen LogP contribution in [0, 0.1) is 5.41 Å². The highest BCUT2D eigenvalue weighted by Crippen LogP contribution is 2.44. The second kappa shape index (κ2) is 8.30. The van der Waals surface area contributed by atoms with E-state index < -0.39 is 40.9 Å². The fourth-order valence-electron chi connectivity index (χ4n) is 4.27. The van der Waals surface area contributed by atoms with E-state index >= 15 is 0 Å². The lowest BCUT2D eigenvalue weighted by atomic mass is 9.67. The normalized spacial score (nSPS) is 22.3. The van der Waals surface area contributed by atoms with Crippen LogP contribution in [-0.4, -0.2) is 69.2 Å². The Labute approximate surface area is 194 Å². The minimum absolute atomic E-state index is 0.293. The van der Waals surface area contributed by atoms with Crippen LogP contribution in [0.1, 0.15) is 25.8 Å². The summed E-state index contributed by atoms with van der Waals surface area (Å²) in [6.07, 6.45) is -6.42. The Bertz CT molecular complexity index is 1170. The summed E-state index contributed by atoms with van der Waals surface area (Å²) in [5, 5.41) is 9.94. The van der Waals surface area contributed by atoms with Crippen LogP contribution in [0.25, 0.3) is 5.52 Å². The number of piperidine rings is 1. The number of fused-ring (bicyclic) bond motifs is 1. The Morgan fingerprint density at radius 3 is 2.20 bits per heavy atom. The van der Waals surface area contributed by atoms with Crippen LogP contribution in [0.5, 0.6) is 0 Å². The van der Waals surface area contributed by atoms with E-state index in [-0.39, 0.29) is 5.91 Å². The van der Waals surface area contributed by atoms with Gasteiger partial charge in [-0.2, -0.15) is 26.3 Å². The molecule has 1 unspecified atom stereocenters. The molecular weight excluding hydrogens is 488 g/mol. The number of hydrogen-bond acceptors (Lipinski definition) is 5. The smallest absolute Gasteiger partial charge is 0.475 e. The fraction of sp³-hybridized carbons (Fsp3) is 0.500. The van der Waals surface area contributed by atoms with E-state index in [1.165, 1.54) is 19.6 Å². The number of nitrogens with zero attached hydrogens (tertiary/aromatic N) is 4. The minimum Gasteiger partial charge on any atom is -0.475 e. The van der Waals surface area contributed by atoms with Crippen molar-refractivity contribution in [3.8, 4) is 0 Å². The minimum atomic E-state index is -5.08. The van der Waals surface area contributed by atoms with Gasteiger partial charge in [-0.15, -0.1) is 0 Å². The molecule has 1 spiro atoms. The van der Waals surface area contributed by atoms with Crippen LogP contribution in [0.2, 0.25) is 0 Å². The number of pyridine rings is 1. The van der Waals surface area contributed by atoms with Crippen LogP contribution in [0.15, 0.2) is 24.7 Å². The summed E-state index contributed by atoms with van der Waals surface area (Å²) in [5.41, 5.74) is -2.18. The molecule has 1 atom stereocenters. The number of urea groups is 1. The van der Waals surface area contributed by atoms with Gasteiger partial charge in [0.05, 0.1) is 17.3 Å². The Morgan fingerprint density at radius 1 is 1.14 bits per heavy atom. The topological polar surface area (TPSA) is 107 Å². The molecule has 2 saturated heterocycles. The van der Waals surface area contributed by atoms with Gasteiger partial charge >= 0.3 is 24.4 Å². The molecule has 2 aromatic heterocycles. The summed E-state index contributed by atoms with van der Waals surface area (Å²) >= 11 is 0. The zero-order valence-corrected chi connectivity index (χ0v) is 18.7. The second-order valence-electron chi connectivity index (χ2n) is 8.85.